The van der Waals surface area contributed by atoms with E-state index in [4.69, 9.17) is 27.9 Å². The average Bonchev–Trinajstić information content (AvgIpc) is 2.84. The summed E-state index contributed by atoms with van der Waals surface area (Å²) in [6.07, 6.45) is 0. The molecule has 0 bridgehead atoms. The Labute approximate surface area is 126 Å². The van der Waals surface area contributed by atoms with Gasteiger partial charge in [-0.3, -0.25) is 0 Å². The first kappa shape index (κ1) is 13.2. The van der Waals surface area contributed by atoms with Gasteiger partial charge in [-0.05, 0) is 23.8 Å². The molecule has 0 saturated carbocycles. The summed E-state index contributed by atoms with van der Waals surface area (Å²) in [5.41, 5.74) is 1.37. The zero-order valence-electron chi connectivity index (χ0n) is 10.1. The van der Waals surface area contributed by atoms with Gasteiger partial charge in [0.2, 0.25) is 0 Å². The van der Waals surface area contributed by atoms with E-state index in [1.165, 1.54) is 10.5 Å². The molecule has 0 spiro atoms. The molecule has 1 nitrogen and oxygen atoms in total. The SMILES string of the molecule is Clc1cccc(OCC2CSc3ccccc32)c1Cl. The Morgan fingerprint density at radius 1 is 1.11 bits per heavy atom. The minimum Gasteiger partial charge on any atom is -0.491 e. The zero-order valence-corrected chi connectivity index (χ0v) is 12.4. The topological polar surface area (TPSA) is 9.23 Å². The Balaban J connectivity index is 1.73. The van der Waals surface area contributed by atoms with Crippen molar-refractivity contribution in [1.82, 2.24) is 0 Å². The third-order valence-corrected chi connectivity index (χ3v) is 5.21. The van der Waals surface area contributed by atoms with Gasteiger partial charge in [-0.15, -0.1) is 11.8 Å². The van der Waals surface area contributed by atoms with Crippen LogP contribution in [-0.4, -0.2) is 12.4 Å². The van der Waals surface area contributed by atoms with E-state index in [1.807, 2.05) is 23.9 Å². The normalized spacial score (nSPS) is 17.3. The summed E-state index contributed by atoms with van der Waals surface area (Å²) in [5, 5.41) is 1.02. The molecule has 98 valence electrons. The maximum atomic E-state index is 6.12. The van der Waals surface area contributed by atoms with Gasteiger partial charge in [-0.2, -0.15) is 0 Å². The van der Waals surface area contributed by atoms with Crippen molar-refractivity contribution in [2.75, 3.05) is 12.4 Å². The van der Waals surface area contributed by atoms with Crippen molar-refractivity contribution in [1.29, 1.82) is 0 Å². The smallest absolute Gasteiger partial charge is 0.139 e. The van der Waals surface area contributed by atoms with Crippen LogP contribution < -0.4 is 4.74 Å². The molecular formula is C15H12Cl2OS. The maximum absolute atomic E-state index is 6.12. The highest BCUT2D eigenvalue weighted by atomic mass is 35.5. The molecule has 0 aromatic heterocycles. The molecule has 0 fully saturated rings. The minimum absolute atomic E-state index is 0.413. The Bertz CT molecular complexity index is 600. The van der Waals surface area contributed by atoms with E-state index < -0.39 is 0 Å². The molecule has 2 aromatic carbocycles. The van der Waals surface area contributed by atoms with E-state index in [-0.39, 0.29) is 0 Å². The fourth-order valence-electron chi connectivity index (χ4n) is 2.15. The minimum atomic E-state index is 0.413. The van der Waals surface area contributed by atoms with Crippen LogP contribution in [0, 0.1) is 0 Å². The van der Waals surface area contributed by atoms with Gasteiger partial charge in [0.15, 0.2) is 0 Å². The molecule has 0 aliphatic carbocycles. The van der Waals surface area contributed by atoms with Crippen LogP contribution in [-0.2, 0) is 0 Å². The summed E-state index contributed by atoms with van der Waals surface area (Å²) in [6.45, 7) is 0.629. The monoisotopic (exact) mass is 310 g/mol. The highest BCUT2D eigenvalue weighted by Gasteiger charge is 2.23. The second kappa shape index (κ2) is 5.66. The second-order valence-electron chi connectivity index (χ2n) is 4.41. The van der Waals surface area contributed by atoms with E-state index in [9.17, 15) is 0 Å². The average molecular weight is 311 g/mol. The molecule has 0 radical (unpaired) electrons. The number of rotatable bonds is 3. The first-order chi connectivity index (χ1) is 9.25. The summed E-state index contributed by atoms with van der Waals surface area (Å²) in [7, 11) is 0. The Hall–Kier alpha value is -0.830. The molecule has 2 aromatic rings. The molecule has 1 heterocycles. The fraction of sp³-hybridized carbons (Fsp3) is 0.200. The van der Waals surface area contributed by atoms with Gasteiger partial charge in [0.1, 0.15) is 10.8 Å². The number of halogens is 2. The van der Waals surface area contributed by atoms with Gasteiger partial charge in [0, 0.05) is 16.6 Å². The number of hydrogen-bond donors (Lipinski definition) is 0. The highest BCUT2D eigenvalue weighted by Crippen LogP contribution is 2.40. The Morgan fingerprint density at radius 3 is 2.84 bits per heavy atom. The number of fused-ring (bicyclic) bond motifs is 1. The van der Waals surface area contributed by atoms with Crippen molar-refractivity contribution >= 4 is 35.0 Å². The maximum Gasteiger partial charge on any atom is 0.139 e. The molecule has 1 aliphatic rings. The molecule has 0 saturated heterocycles. The van der Waals surface area contributed by atoms with E-state index >= 15 is 0 Å². The lowest BCUT2D eigenvalue weighted by molar-refractivity contribution is 0.298. The van der Waals surface area contributed by atoms with Gasteiger partial charge in [0.05, 0.1) is 11.6 Å². The van der Waals surface area contributed by atoms with Crippen LogP contribution in [0.3, 0.4) is 0 Å². The van der Waals surface area contributed by atoms with E-state index in [0.29, 0.717) is 28.3 Å². The van der Waals surface area contributed by atoms with Crippen molar-refractivity contribution in [2.24, 2.45) is 0 Å². The summed E-state index contributed by atoms with van der Waals surface area (Å²) >= 11 is 14.0. The highest BCUT2D eigenvalue weighted by molar-refractivity contribution is 7.99. The molecule has 0 N–H and O–H groups in total. The van der Waals surface area contributed by atoms with Gasteiger partial charge >= 0.3 is 0 Å². The molecule has 3 rings (SSSR count). The Kier molecular flexibility index (Phi) is 3.92. The number of benzene rings is 2. The van der Waals surface area contributed by atoms with Gasteiger partial charge < -0.3 is 4.74 Å². The van der Waals surface area contributed by atoms with Crippen molar-refractivity contribution in [3.05, 3.63) is 58.1 Å². The number of hydrogen-bond acceptors (Lipinski definition) is 2. The van der Waals surface area contributed by atoms with Crippen molar-refractivity contribution in [2.45, 2.75) is 10.8 Å². The van der Waals surface area contributed by atoms with Crippen molar-refractivity contribution < 1.29 is 4.74 Å². The van der Waals surface area contributed by atoms with Crippen LogP contribution in [0.4, 0.5) is 0 Å². The molecule has 4 heteroatoms. The largest absolute Gasteiger partial charge is 0.491 e. The first-order valence-electron chi connectivity index (χ1n) is 6.04. The first-order valence-corrected chi connectivity index (χ1v) is 7.78. The third kappa shape index (κ3) is 2.71. The Morgan fingerprint density at radius 2 is 1.95 bits per heavy atom. The predicted molar refractivity (Wildman–Crippen MR) is 81.9 cm³/mol. The predicted octanol–water partition coefficient (Wildman–Crippen LogP) is 5.26. The molecular weight excluding hydrogens is 299 g/mol. The number of thioether (sulfide) groups is 1. The van der Waals surface area contributed by atoms with E-state index in [0.717, 1.165) is 5.75 Å². The molecule has 1 aliphatic heterocycles. The van der Waals surface area contributed by atoms with Crippen molar-refractivity contribution in [3.63, 3.8) is 0 Å². The summed E-state index contributed by atoms with van der Waals surface area (Å²) in [6, 6.07) is 13.9. The summed E-state index contributed by atoms with van der Waals surface area (Å²) < 4.78 is 5.83. The van der Waals surface area contributed by atoms with E-state index in [2.05, 4.69) is 24.3 Å². The van der Waals surface area contributed by atoms with Gasteiger partial charge in [-0.1, -0.05) is 47.5 Å². The standard InChI is InChI=1S/C15H12Cl2OS/c16-12-5-3-6-13(15(12)17)18-8-10-9-19-14-7-2-1-4-11(10)14/h1-7,10H,8-9H2. The molecule has 1 atom stereocenters. The zero-order chi connectivity index (χ0) is 13.2. The summed E-state index contributed by atoms with van der Waals surface area (Å²) in [5.74, 6) is 2.12. The lowest BCUT2D eigenvalue weighted by atomic mass is 10.0. The van der Waals surface area contributed by atoms with Crippen LogP contribution in [0.1, 0.15) is 11.5 Å². The van der Waals surface area contributed by atoms with Gasteiger partial charge in [-0.25, -0.2) is 0 Å². The van der Waals surface area contributed by atoms with Crippen LogP contribution in [0.25, 0.3) is 0 Å². The molecule has 0 amide bonds. The third-order valence-electron chi connectivity index (χ3n) is 3.16. The lowest BCUT2D eigenvalue weighted by Crippen LogP contribution is -2.09. The molecule has 19 heavy (non-hydrogen) atoms. The van der Waals surface area contributed by atoms with Gasteiger partial charge in [0.25, 0.3) is 0 Å². The van der Waals surface area contributed by atoms with Crippen LogP contribution in [0.5, 0.6) is 5.75 Å². The van der Waals surface area contributed by atoms with Crippen LogP contribution in [0.2, 0.25) is 10.0 Å². The van der Waals surface area contributed by atoms with E-state index in [1.54, 1.807) is 6.07 Å². The second-order valence-corrected chi connectivity index (χ2v) is 6.26. The van der Waals surface area contributed by atoms with Crippen LogP contribution >= 0.6 is 35.0 Å². The number of ether oxygens (including phenoxy) is 1. The fourth-order valence-corrected chi connectivity index (χ4v) is 3.73. The summed E-state index contributed by atoms with van der Waals surface area (Å²) in [4.78, 5) is 1.35. The molecule has 1 unspecified atom stereocenters. The quantitative estimate of drug-likeness (QED) is 0.764. The van der Waals surface area contributed by atoms with Crippen molar-refractivity contribution in [3.8, 4) is 5.75 Å². The van der Waals surface area contributed by atoms with Crippen LogP contribution in [0.15, 0.2) is 47.4 Å². The lowest BCUT2D eigenvalue weighted by Gasteiger charge is -2.14.